The van der Waals surface area contributed by atoms with Gasteiger partial charge in [-0.05, 0) is 30.2 Å². The molecule has 2 N–H and O–H groups in total. The predicted molar refractivity (Wildman–Crippen MR) is 108 cm³/mol. The van der Waals surface area contributed by atoms with Crippen molar-refractivity contribution in [1.29, 1.82) is 0 Å². The van der Waals surface area contributed by atoms with E-state index in [1.807, 2.05) is 12.1 Å². The Labute approximate surface area is 166 Å². The summed E-state index contributed by atoms with van der Waals surface area (Å²) in [7, 11) is 1.71. The quantitative estimate of drug-likeness (QED) is 0.479. The molecule has 3 rings (SSSR count). The third-order valence-electron chi connectivity index (χ3n) is 3.77. The minimum atomic E-state index is 0.370. The lowest BCUT2D eigenvalue weighted by molar-refractivity contribution is 0.375. The molecule has 0 spiro atoms. The summed E-state index contributed by atoms with van der Waals surface area (Å²) >= 11 is 7.54. The van der Waals surface area contributed by atoms with Crippen LogP contribution in [-0.4, -0.2) is 28.1 Å². The molecule has 1 aromatic carbocycles. The van der Waals surface area contributed by atoms with Crippen molar-refractivity contribution < 1.29 is 4.52 Å². The Balaban J connectivity index is 1.52. The first-order valence-corrected chi connectivity index (χ1v) is 9.78. The summed E-state index contributed by atoms with van der Waals surface area (Å²) in [5.41, 5.74) is 1.96. The predicted octanol–water partition coefficient (Wildman–Crippen LogP) is 3.84. The number of aliphatic imine (C=N–C) groups is 1. The second kappa shape index (κ2) is 8.96. The van der Waals surface area contributed by atoms with Gasteiger partial charge in [0.1, 0.15) is 5.01 Å². The van der Waals surface area contributed by atoms with E-state index in [1.165, 1.54) is 0 Å². The minimum absolute atomic E-state index is 0.370. The molecule has 27 heavy (non-hydrogen) atoms. The fourth-order valence-corrected chi connectivity index (χ4v) is 3.27. The van der Waals surface area contributed by atoms with Gasteiger partial charge in [-0.1, -0.05) is 30.6 Å². The molecule has 0 aliphatic rings. The molecule has 0 saturated heterocycles. The van der Waals surface area contributed by atoms with Crippen molar-refractivity contribution in [3.8, 4) is 11.4 Å². The van der Waals surface area contributed by atoms with E-state index in [1.54, 1.807) is 30.5 Å². The number of nitrogens with one attached hydrogen (secondary N) is 2. The van der Waals surface area contributed by atoms with Gasteiger partial charge in [0.2, 0.25) is 11.7 Å². The Hall–Kier alpha value is -2.45. The first-order chi connectivity index (χ1) is 13.0. The first kappa shape index (κ1) is 19.3. The molecule has 0 bridgehead atoms. The van der Waals surface area contributed by atoms with Crippen LogP contribution in [0.4, 0.5) is 0 Å². The Kier molecular flexibility index (Phi) is 6.41. The Bertz CT molecular complexity index is 903. The number of aromatic nitrogens is 3. The molecule has 0 radical (unpaired) electrons. The highest BCUT2D eigenvalue weighted by atomic mass is 35.5. The normalized spacial score (nSPS) is 11.8. The molecule has 2 heterocycles. The van der Waals surface area contributed by atoms with Crippen molar-refractivity contribution in [2.75, 3.05) is 7.05 Å². The van der Waals surface area contributed by atoms with E-state index in [4.69, 9.17) is 16.1 Å². The van der Waals surface area contributed by atoms with Crippen molar-refractivity contribution in [1.82, 2.24) is 25.8 Å². The molecule has 7 nitrogen and oxygen atoms in total. The molecule has 0 saturated carbocycles. The van der Waals surface area contributed by atoms with Crippen LogP contribution in [0.5, 0.6) is 0 Å². The number of halogens is 1. The lowest BCUT2D eigenvalue weighted by Crippen LogP contribution is -2.36. The molecule has 2 aromatic heterocycles. The van der Waals surface area contributed by atoms with Crippen LogP contribution in [0.15, 0.2) is 39.2 Å². The first-order valence-electron chi connectivity index (χ1n) is 8.52. The fourth-order valence-electron chi connectivity index (χ4n) is 2.25. The molecule has 142 valence electrons. The van der Waals surface area contributed by atoms with Crippen molar-refractivity contribution in [2.24, 2.45) is 4.99 Å². The van der Waals surface area contributed by atoms with Crippen LogP contribution < -0.4 is 10.6 Å². The fraction of sp³-hybridized carbons (Fsp3) is 0.333. The van der Waals surface area contributed by atoms with Crippen LogP contribution in [0.3, 0.4) is 0 Å². The molecule has 0 aliphatic heterocycles. The average Bonchev–Trinajstić information content (AvgIpc) is 3.32. The molecule has 0 fully saturated rings. The number of nitrogens with zero attached hydrogens (tertiary/aromatic N) is 4. The van der Waals surface area contributed by atoms with Crippen LogP contribution in [0.2, 0.25) is 5.02 Å². The zero-order valence-electron chi connectivity index (χ0n) is 15.4. The standard InChI is InChI=1S/C18H21ClN6OS/c1-11(2)14-10-27-16(23-14)9-22-18(20-3)21-8-15-24-17(25-26-15)12-4-6-13(19)7-5-12/h4-7,10-11H,8-9H2,1-3H3,(H2,20,21,22). The third kappa shape index (κ3) is 5.27. The van der Waals surface area contributed by atoms with Gasteiger partial charge < -0.3 is 15.2 Å². The van der Waals surface area contributed by atoms with E-state index in [9.17, 15) is 0 Å². The van der Waals surface area contributed by atoms with E-state index in [2.05, 4.69) is 50.0 Å². The van der Waals surface area contributed by atoms with Gasteiger partial charge in [-0.25, -0.2) is 4.98 Å². The van der Waals surface area contributed by atoms with Gasteiger partial charge in [0, 0.05) is 23.0 Å². The van der Waals surface area contributed by atoms with E-state index < -0.39 is 0 Å². The number of rotatable bonds is 6. The molecule has 3 aromatic rings. The van der Waals surface area contributed by atoms with Crippen molar-refractivity contribution in [3.05, 3.63) is 51.3 Å². The zero-order chi connectivity index (χ0) is 19.2. The van der Waals surface area contributed by atoms with E-state index in [0.717, 1.165) is 16.3 Å². The summed E-state index contributed by atoms with van der Waals surface area (Å²) < 4.78 is 5.29. The maximum atomic E-state index is 5.90. The SMILES string of the molecule is CN=C(NCc1nc(-c2ccc(Cl)cc2)no1)NCc1nc(C(C)C)cs1. The van der Waals surface area contributed by atoms with Crippen LogP contribution in [0, 0.1) is 0 Å². The van der Waals surface area contributed by atoms with Crippen molar-refractivity contribution in [2.45, 2.75) is 32.9 Å². The smallest absolute Gasteiger partial charge is 0.246 e. The number of thiazole rings is 1. The second-order valence-corrected chi connectivity index (χ2v) is 7.50. The zero-order valence-corrected chi connectivity index (χ0v) is 16.9. The van der Waals surface area contributed by atoms with E-state index in [0.29, 0.717) is 41.7 Å². The van der Waals surface area contributed by atoms with Gasteiger partial charge in [-0.2, -0.15) is 4.98 Å². The van der Waals surface area contributed by atoms with Gasteiger partial charge in [0.25, 0.3) is 0 Å². The highest BCUT2D eigenvalue weighted by Crippen LogP contribution is 2.19. The van der Waals surface area contributed by atoms with Gasteiger partial charge >= 0.3 is 0 Å². The highest BCUT2D eigenvalue weighted by molar-refractivity contribution is 7.09. The van der Waals surface area contributed by atoms with Crippen molar-refractivity contribution >= 4 is 28.9 Å². The van der Waals surface area contributed by atoms with Crippen LogP contribution >= 0.6 is 22.9 Å². The van der Waals surface area contributed by atoms with Gasteiger partial charge in [-0.3, -0.25) is 4.99 Å². The Morgan fingerprint density at radius 1 is 1.19 bits per heavy atom. The lowest BCUT2D eigenvalue weighted by atomic mass is 10.2. The minimum Gasteiger partial charge on any atom is -0.350 e. The summed E-state index contributed by atoms with van der Waals surface area (Å²) in [6.07, 6.45) is 0. The topological polar surface area (TPSA) is 88.2 Å². The summed E-state index contributed by atoms with van der Waals surface area (Å²) in [5, 5.41) is 14.2. The highest BCUT2D eigenvalue weighted by Gasteiger charge is 2.10. The third-order valence-corrected chi connectivity index (χ3v) is 4.89. The number of hydrogen-bond donors (Lipinski definition) is 2. The number of benzene rings is 1. The van der Waals surface area contributed by atoms with Crippen molar-refractivity contribution in [3.63, 3.8) is 0 Å². The molecular weight excluding hydrogens is 384 g/mol. The van der Waals surface area contributed by atoms with Crippen LogP contribution in [-0.2, 0) is 13.1 Å². The summed E-state index contributed by atoms with van der Waals surface area (Å²) in [4.78, 5) is 13.2. The molecule has 0 unspecified atom stereocenters. The van der Waals surface area contributed by atoms with Gasteiger partial charge in [0.15, 0.2) is 5.96 Å². The summed E-state index contributed by atoms with van der Waals surface area (Å²) in [6.45, 7) is 5.25. The molecular formula is C18H21ClN6OS. The summed E-state index contributed by atoms with van der Waals surface area (Å²) in [5.74, 6) is 2.07. The summed E-state index contributed by atoms with van der Waals surface area (Å²) in [6, 6.07) is 7.29. The lowest BCUT2D eigenvalue weighted by Gasteiger charge is -2.08. The maximum Gasteiger partial charge on any atom is 0.246 e. The molecule has 9 heteroatoms. The Morgan fingerprint density at radius 2 is 1.93 bits per heavy atom. The molecule has 0 atom stereocenters. The van der Waals surface area contributed by atoms with Gasteiger partial charge in [0.05, 0.1) is 18.8 Å². The molecule has 0 amide bonds. The largest absolute Gasteiger partial charge is 0.350 e. The Morgan fingerprint density at radius 3 is 2.59 bits per heavy atom. The maximum absolute atomic E-state index is 5.90. The number of guanidine groups is 1. The second-order valence-electron chi connectivity index (χ2n) is 6.12. The van der Waals surface area contributed by atoms with E-state index in [-0.39, 0.29) is 0 Å². The molecule has 0 aliphatic carbocycles. The monoisotopic (exact) mass is 404 g/mol. The van der Waals surface area contributed by atoms with Crippen LogP contribution in [0.1, 0.15) is 36.4 Å². The number of hydrogen-bond acceptors (Lipinski definition) is 6. The van der Waals surface area contributed by atoms with E-state index >= 15 is 0 Å². The van der Waals surface area contributed by atoms with Crippen LogP contribution in [0.25, 0.3) is 11.4 Å². The van der Waals surface area contributed by atoms with Gasteiger partial charge in [-0.15, -0.1) is 11.3 Å². The average molecular weight is 405 g/mol.